The van der Waals surface area contributed by atoms with Crippen LogP contribution in [-0.2, 0) is 19.6 Å². The van der Waals surface area contributed by atoms with Gasteiger partial charge in [0.05, 0.1) is 17.6 Å². The molecule has 8 nitrogen and oxygen atoms in total. The molecule has 0 aliphatic rings. The van der Waals surface area contributed by atoms with E-state index >= 15 is 0 Å². The van der Waals surface area contributed by atoms with E-state index in [1.54, 1.807) is 0 Å². The predicted molar refractivity (Wildman–Crippen MR) is 75.8 cm³/mol. The zero-order chi connectivity index (χ0) is 16.2. The molecule has 0 aliphatic heterocycles. The van der Waals surface area contributed by atoms with Crippen molar-refractivity contribution in [1.29, 1.82) is 0 Å². The summed E-state index contributed by atoms with van der Waals surface area (Å²) in [5.74, 6) is -1.47. The summed E-state index contributed by atoms with van der Waals surface area (Å²) in [7, 11) is -2.89. The number of ether oxygens (including phenoxy) is 1. The molecule has 21 heavy (non-hydrogen) atoms. The van der Waals surface area contributed by atoms with Crippen LogP contribution in [0.4, 0.5) is 5.69 Å². The van der Waals surface area contributed by atoms with Crippen molar-refractivity contribution in [2.24, 2.45) is 5.73 Å². The zero-order valence-electron chi connectivity index (χ0n) is 11.6. The number of primary amides is 1. The van der Waals surface area contributed by atoms with E-state index < -0.39 is 27.9 Å². The van der Waals surface area contributed by atoms with Crippen molar-refractivity contribution in [2.75, 3.05) is 12.8 Å². The second-order valence-electron chi connectivity index (χ2n) is 4.44. The van der Waals surface area contributed by atoms with E-state index in [0.717, 1.165) is 7.11 Å². The summed E-state index contributed by atoms with van der Waals surface area (Å²) < 4.78 is 31.3. The van der Waals surface area contributed by atoms with Crippen LogP contribution < -0.4 is 16.2 Å². The van der Waals surface area contributed by atoms with Gasteiger partial charge in [-0.2, -0.15) is 0 Å². The average Bonchev–Trinajstić information content (AvgIpc) is 2.35. The number of nitrogens with two attached hydrogens (primary N) is 2. The number of rotatable bonds is 6. The molecular formula is C12H17N3O5S. The smallest absolute Gasteiger partial charge is 0.339 e. The number of nitrogens with one attached hydrogen (secondary N) is 1. The highest BCUT2D eigenvalue weighted by Crippen LogP contribution is 2.20. The highest BCUT2D eigenvalue weighted by molar-refractivity contribution is 7.89. The fraction of sp³-hybridized carbons (Fsp3) is 0.333. The Kier molecular flexibility index (Phi) is 5.28. The zero-order valence-corrected chi connectivity index (χ0v) is 12.4. The first kappa shape index (κ1) is 16.9. The predicted octanol–water partition coefficient (Wildman–Crippen LogP) is -0.402. The number of esters is 1. The molecule has 1 aromatic rings. The Bertz CT molecular complexity index is 657. The molecule has 0 aromatic heterocycles. The van der Waals surface area contributed by atoms with Crippen LogP contribution in [0.5, 0.6) is 0 Å². The van der Waals surface area contributed by atoms with Crippen molar-refractivity contribution < 1.29 is 22.7 Å². The monoisotopic (exact) mass is 315 g/mol. The Balaban J connectivity index is 3.19. The quantitative estimate of drug-likeness (QED) is 0.481. The molecule has 0 radical (unpaired) electrons. The maximum Gasteiger partial charge on any atom is 0.339 e. The number of amides is 1. The lowest BCUT2D eigenvalue weighted by molar-refractivity contribution is -0.118. The van der Waals surface area contributed by atoms with Gasteiger partial charge >= 0.3 is 5.97 Å². The first-order valence-electron chi connectivity index (χ1n) is 5.96. The van der Waals surface area contributed by atoms with Crippen LogP contribution in [0.2, 0.25) is 0 Å². The average molecular weight is 315 g/mol. The van der Waals surface area contributed by atoms with Crippen LogP contribution in [0.25, 0.3) is 0 Å². The van der Waals surface area contributed by atoms with Gasteiger partial charge in [0.2, 0.25) is 15.9 Å². The minimum Gasteiger partial charge on any atom is -0.465 e. The number of methoxy groups -OCH3 is 1. The highest BCUT2D eigenvalue weighted by Gasteiger charge is 2.25. The van der Waals surface area contributed by atoms with E-state index in [1.165, 1.54) is 25.1 Å². The molecule has 0 saturated carbocycles. The third-order valence-corrected chi connectivity index (χ3v) is 4.21. The Morgan fingerprint density at radius 3 is 2.52 bits per heavy atom. The van der Waals surface area contributed by atoms with E-state index in [1.807, 2.05) is 0 Å². The number of carbonyl (C=O) groups excluding carboxylic acids is 2. The van der Waals surface area contributed by atoms with E-state index in [2.05, 4.69) is 9.46 Å². The minimum atomic E-state index is -4.02. The fourth-order valence-corrected chi connectivity index (χ4v) is 3.14. The molecule has 0 saturated heterocycles. The Morgan fingerprint density at radius 1 is 1.38 bits per heavy atom. The van der Waals surface area contributed by atoms with Crippen LogP contribution >= 0.6 is 0 Å². The summed E-state index contributed by atoms with van der Waals surface area (Å²) in [4.78, 5) is 22.2. The molecule has 0 spiro atoms. The molecule has 1 rings (SSSR count). The van der Waals surface area contributed by atoms with E-state index in [4.69, 9.17) is 11.5 Å². The molecule has 0 aliphatic carbocycles. The number of hydrogen-bond acceptors (Lipinski definition) is 6. The molecule has 1 atom stereocenters. The minimum absolute atomic E-state index is 0.165. The molecule has 1 amide bonds. The summed E-state index contributed by atoms with van der Waals surface area (Å²) >= 11 is 0. The standard InChI is InChI=1S/C12H17N3O5S/c1-7(5-11(14)16)15-21(18,19)10-4-3-8(13)6-9(10)12(17)20-2/h3-4,6-7,15H,5,13H2,1-2H3,(H2,14,16). The maximum absolute atomic E-state index is 12.3. The van der Waals surface area contributed by atoms with Gasteiger partial charge in [-0.1, -0.05) is 0 Å². The number of carbonyl (C=O) groups is 2. The molecule has 5 N–H and O–H groups in total. The third kappa shape index (κ3) is 4.43. The van der Waals surface area contributed by atoms with E-state index in [0.29, 0.717) is 0 Å². The topological polar surface area (TPSA) is 142 Å². The van der Waals surface area contributed by atoms with Gasteiger partial charge in [-0.15, -0.1) is 0 Å². The van der Waals surface area contributed by atoms with Gasteiger partial charge in [0.15, 0.2) is 0 Å². The summed E-state index contributed by atoms with van der Waals surface area (Å²) in [5.41, 5.74) is 10.6. The molecule has 116 valence electrons. The molecule has 0 fully saturated rings. The normalized spacial score (nSPS) is 12.7. The van der Waals surface area contributed by atoms with Gasteiger partial charge < -0.3 is 16.2 Å². The van der Waals surface area contributed by atoms with Crippen molar-refractivity contribution in [1.82, 2.24) is 4.72 Å². The van der Waals surface area contributed by atoms with Crippen LogP contribution in [0, 0.1) is 0 Å². The van der Waals surface area contributed by atoms with Crippen molar-refractivity contribution >= 4 is 27.6 Å². The number of benzene rings is 1. The maximum atomic E-state index is 12.3. The lowest BCUT2D eigenvalue weighted by atomic mass is 10.2. The van der Waals surface area contributed by atoms with Gasteiger partial charge in [-0.25, -0.2) is 17.9 Å². The van der Waals surface area contributed by atoms with Crippen LogP contribution in [0.3, 0.4) is 0 Å². The Morgan fingerprint density at radius 2 is 2.00 bits per heavy atom. The lowest BCUT2D eigenvalue weighted by Gasteiger charge is -2.15. The van der Waals surface area contributed by atoms with Crippen molar-refractivity contribution in [3.63, 3.8) is 0 Å². The molecule has 1 unspecified atom stereocenters. The second kappa shape index (κ2) is 6.55. The summed E-state index contributed by atoms with van der Waals surface area (Å²) in [5, 5.41) is 0. The molecule has 1 aromatic carbocycles. The van der Waals surface area contributed by atoms with E-state index in [-0.39, 0.29) is 22.6 Å². The summed E-state index contributed by atoms with van der Waals surface area (Å²) in [6, 6.07) is 3.04. The number of sulfonamides is 1. The van der Waals surface area contributed by atoms with Crippen molar-refractivity contribution in [2.45, 2.75) is 24.3 Å². The number of nitrogen functional groups attached to an aromatic ring is 1. The Labute approximate surface area is 122 Å². The third-order valence-electron chi connectivity index (χ3n) is 2.56. The van der Waals surface area contributed by atoms with Crippen molar-refractivity contribution in [3.05, 3.63) is 23.8 Å². The largest absolute Gasteiger partial charge is 0.465 e. The second-order valence-corrected chi connectivity index (χ2v) is 6.12. The van der Waals surface area contributed by atoms with Gasteiger partial charge in [0.1, 0.15) is 0 Å². The van der Waals surface area contributed by atoms with Crippen LogP contribution in [0.1, 0.15) is 23.7 Å². The van der Waals surface area contributed by atoms with Crippen LogP contribution in [0.15, 0.2) is 23.1 Å². The summed E-state index contributed by atoms with van der Waals surface area (Å²) in [6.07, 6.45) is -0.165. The number of hydrogen-bond donors (Lipinski definition) is 3. The molecule has 0 bridgehead atoms. The van der Waals surface area contributed by atoms with E-state index in [9.17, 15) is 18.0 Å². The first-order chi connectivity index (χ1) is 9.67. The summed E-state index contributed by atoms with van der Waals surface area (Å²) in [6.45, 7) is 1.48. The first-order valence-corrected chi connectivity index (χ1v) is 7.44. The fourth-order valence-electron chi connectivity index (χ4n) is 1.72. The SMILES string of the molecule is COC(=O)c1cc(N)ccc1S(=O)(=O)NC(C)CC(N)=O. The lowest BCUT2D eigenvalue weighted by Crippen LogP contribution is -2.36. The van der Waals surface area contributed by atoms with Crippen LogP contribution in [-0.4, -0.2) is 33.4 Å². The highest BCUT2D eigenvalue weighted by atomic mass is 32.2. The molecule has 0 heterocycles. The Hall–Kier alpha value is -2.13. The van der Waals surface area contributed by atoms with Gasteiger partial charge in [-0.05, 0) is 25.1 Å². The van der Waals surface area contributed by atoms with Crippen molar-refractivity contribution in [3.8, 4) is 0 Å². The van der Waals surface area contributed by atoms with Gasteiger partial charge in [-0.3, -0.25) is 4.79 Å². The molecular weight excluding hydrogens is 298 g/mol. The number of anilines is 1. The molecule has 9 heteroatoms. The van der Waals surface area contributed by atoms with Gasteiger partial charge in [0, 0.05) is 18.2 Å². The van der Waals surface area contributed by atoms with Gasteiger partial charge in [0.25, 0.3) is 0 Å².